The molecule has 0 saturated heterocycles. The summed E-state index contributed by atoms with van der Waals surface area (Å²) in [7, 11) is 0.0233. The van der Waals surface area contributed by atoms with Crippen LogP contribution in [0.1, 0.15) is 12.8 Å². The molecule has 0 aliphatic heterocycles. The molecular weight excluding hydrogens is 151 g/mol. The smallest absolute Gasteiger partial charge is 0.152 e. The quantitative estimate of drug-likeness (QED) is 0.367. The molecule has 3 nitrogen and oxygen atoms in total. The fourth-order valence-corrected chi connectivity index (χ4v) is 0.714. The standard InChI is InChI=1S/C6H9O3P/c7-4-2-1-3-6(5-8)10-9/h2,4-5,7,9H,1,3H2. The molecule has 0 aliphatic rings. The molecule has 0 aromatic rings. The Morgan fingerprint density at radius 3 is 2.70 bits per heavy atom. The van der Waals surface area contributed by atoms with Crippen molar-refractivity contribution in [3.05, 3.63) is 12.3 Å². The van der Waals surface area contributed by atoms with E-state index in [0.29, 0.717) is 24.4 Å². The van der Waals surface area contributed by atoms with E-state index in [9.17, 15) is 4.79 Å². The molecule has 2 N–H and O–H groups in total. The third kappa shape index (κ3) is 4.24. The number of hydrogen-bond donors (Lipinski definition) is 2. The molecule has 0 aromatic carbocycles. The number of aliphatic hydroxyl groups excluding tert-OH is 1. The summed E-state index contributed by atoms with van der Waals surface area (Å²) in [4.78, 5) is 18.5. The van der Waals surface area contributed by atoms with Gasteiger partial charge in [-0.3, -0.25) is 4.79 Å². The van der Waals surface area contributed by atoms with E-state index in [0.717, 1.165) is 6.26 Å². The van der Waals surface area contributed by atoms with Crippen molar-refractivity contribution in [2.45, 2.75) is 12.8 Å². The topological polar surface area (TPSA) is 57.5 Å². The van der Waals surface area contributed by atoms with Crippen LogP contribution in [0, 0.1) is 0 Å². The summed E-state index contributed by atoms with van der Waals surface area (Å²) >= 11 is 0. The van der Waals surface area contributed by atoms with Crippen molar-refractivity contribution >= 4 is 20.0 Å². The van der Waals surface area contributed by atoms with Gasteiger partial charge in [-0.25, -0.2) is 0 Å². The number of aliphatic hydroxyl groups is 1. The summed E-state index contributed by atoms with van der Waals surface area (Å²) in [5.74, 6) is 0. The van der Waals surface area contributed by atoms with Crippen molar-refractivity contribution in [1.82, 2.24) is 0 Å². The molecule has 0 heterocycles. The number of carbonyl (C=O) groups is 1. The van der Waals surface area contributed by atoms with E-state index in [1.165, 1.54) is 6.08 Å². The van der Waals surface area contributed by atoms with Crippen molar-refractivity contribution in [1.29, 1.82) is 0 Å². The molecule has 0 saturated carbocycles. The van der Waals surface area contributed by atoms with Crippen molar-refractivity contribution < 1.29 is 14.8 Å². The molecule has 0 bridgehead atoms. The minimum absolute atomic E-state index is 0.0233. The number of aldehydes is 1. The fraction of sp³-hybridized carbons (Fsp3) is 0.333. The van der Waals surface area contributed by atoms with E-state index < -0.39 is 0 Å². The van der Waals surface area contributed by atoms with Crippen LogP contribution >= 0.6 is 8.43 Å². The van der Waals surface area contributed by atoms with Gasteiger partial charge in [-0.05, 0) is 18.9 Å². The lowest BCUT2D eigenvalue weighted by Gasteiger charge is -1.89. The molecule has 0 spiro atoms. The summed E-state index contributed by atoms with van der Waals surface area (Å²) in [6, 6.07) is 0. The lowest BCUT2D eigenvalue weighted by molar-refractivity contribution is -0.102. The molecule has 0 fully saturated rings. The Morgan fingerprint density at radius 1 is 1.60 bits per heavy atom. The Balaban J connectivity index is 3.56. The molecule has 0 aromatic heterocycles. The summed E-state index contributed by atoms with van der Waals surface area (Å²) in [5, 5.41) is 8.61. The van der Waals surface area contributed by atoms with E-state index in [2.05, 4.69) is 0 Å². The van der Waals surface area contributed by atoms with Gasteiger partial charge in [0.05, 0.1) is 14.7 Å². The number of carbonyl (C=O) groups excluding carboxylic acids is 1. The maximum atomic E-state index is 10.0. The Morgan fingerprint density at radius 2 is 2.30 bits per heavy atom. The molecule has 0 amide bonds. The number of rotatable bonds is 4. The van der Waals surface area contributed by atoms with Crippen LogP contribution in [0.2, 0.25) is 0 Å². The largest absolute Gasteiger partial charge is 0.516 e. The van der Waals surface area contributed by atoms with Gasteiger partial charge in [0.15, 0.2) is 6.29 Å². The highest BCUT2D eigenvalue weighted by Crippen LogP contribution is 1.99. The zero-order valence-corrected chi connectivity index (χ0v) is 6.29. The second kappa shape index (κ2) is 6.46. The van der Waals surface area contributed by atoms with E-state index in [4.69, 9.17) is 10.00 Å². The predicted octanol–water partition coefficient (Wildman–Crippen LogP) is 1.06. The number of hydrogen-bond acceptors (Lipinski definition) is 3. The van der Waals surface area contributed by atoms with Gasteiger partial charge in [0, 0.05) is 5.29 Å². The predicted molar refractivity (Wildman–Crippen MR) is 41.2 cm³/mol. The monoisotopic (exact) mass is 160 g/mol. The van der Waals surface area contributed by atoms with Crippen LogP contribution in [0.4, 0.5) is 0 Å². The van der Waals surface area contributed by atoms with Crippen LogP contribution in [0.3, 0.4) is 0 Å². The average molecular weight is 160 g/mol. The van der Waals surface area contributed by atoms with Crippen LogP contribution in [-0.4, -0.2) is 21.6 Å². The lowest BCUT2D eigenvalue weighted by Crippen LogP contribution is -1.94. The van der Waals surface area contributed by atoms with Gasteiger partial charge < -0.3 is 10.00 Å². The highest BCUT2D eigenvalue weighted by Gasteiger charge is 1.91. The minimum atomic E-state index is 0.0233. The first kappa shape index (κ1) is 9.34. The number of allylic oxidation sites excluding steroid dienone is 1. The zero-order chi connectivity index (χ0) is 7.82. The highest BCUT2D eigenvalue weighted by atomic mass is 31.1. The van der Waals surface area contributed by atoms with Gasteiger partial charge in [-0.2, -0.15) is 0 Å². The molecule has 4 heteroatoms. The summed E-state index contributed by atoms with van der Waals surface area (Å²) in [6.45, 7) is 0. The highest BCUT2D eigenvalue weighted by molar-refractivity contribution is 7.37. The Kier molecular flexibility index (Phi) is 6.03. The van der Waals surface area contributed by atoms with Gasteiger partial charge in [-0.15, -0.1) is 0 Å². The van der Waals surface area contributed by atoms with Crippen LogP contribution in [-0.2, 0) is 4.79 Å². The van der Waals surface area contributed by atoms with E-state index in [1.807, 2.05) is 0 Å². The van der Waals surface area contributed by atoms with Gasteiger partial charge >= 0.3 is 0 Å². The van der Waals surface area contributed by atoms with Crippen LogP contribution in [0.5, 0.6) is 0 Å². The Bertz CT molecular complexity index is 151. The van der Waals surface area contributed by atoms with Crippen molar-refractivity contribution in [2.24, 2.45) is 0 Å². The molecule has 0 rings (SSSR count). The van der Waals surface area contributed by atoms with Crippen molar-refractivity contribution in [2.75, 3.05) is 0 Å². The lowest BCUT2D eigenvalue weighted by atomic mass is 10.2. The van der Waals surface area contributed by atoms with Crippen LogP contribution in [0.15, 0.2) is 12.3 Å². The van der Waals surface area contributed by atoms with Gasteiger partial charge in [0.2, 0.25) is 0 Å². The second-order valence-corrected chi connectivity index (χ2v) is 2.41. The molecular formula is C6H9O3P. The second-order valence-electron chi connectivity index (χ2n) is 1.63. The van der Waals surface area contributed by atoms with E-state index in [-0.39, 0.29) is 8.43 Å². The SMILES string of the molecule is O=CC(CCC=CO)=PO. The maximum absolute atomic E-state index is 10.0. The molecule has 10 heavy (non-hydrogen) atoms. The van der Waals surface area contributed by atoms with Crippen LogP contribution < -0.4 is 0 Å². The van der Waals surface area contributed by atoms with Gasteiger partial charge in [0.25, 0.3) is 0 Å². The fourth-order valence-electron chi connectivity index (χ4n) is 0.438. The van der Waals surface area contributed by atoms with Crippen LogP contribution in [0.25, 0.3) is 0 Å². The molecule has 0 radical (unpaired) electrons. The van der Waals surface area contributed by atoms with Crippen molar-refractivity contribution in [3.8, 4) is 0 Å². The molecule has 56 valence electrons. The van der Waals surface area contributed by atoms with Gasteiger partial charge in [0.1, 0.15) is 0 Å². The van der Waals surface area contributed by atoms with Gasteiger partial charge in [-0.1, -0.05) is 0 Å². The Hall–Kier alpha value is -0.660. The van der Waals surface area contributed by atoms with Crippen molar-refractivity contribution in [3.63, 3.8) is 0 Å². The van der Waals surface area contributed by atoms with E-state index in [1.54, 1.807) is 0 Å². The normalized spacial score (nSPS) is 12.3. The molecule has 0 unspecified atom stereocenters. The molecule has 0 atom stereocenters. The maximum Gasteiger partial charge on any atom is 0.152 e. The summed E-state index contributed by atoms with van der Waals surface area (Å²) < 4.78 is 0. The minimum Gasteiger partial charge on any atom is -0.516 e. The average Bonchev–Trinajstić information content (AvgIpc) is 1.99. The third-order valence-corrected chi connectivity index (χ3v) is 1.52. The first-order valence-corrected chi connectivity index (χ1v) is 3.65. The summed E-state index contributed by atoms with van der Waals surface area (Å²) in [6.07, 6.45) is 4.16. The summed E-state index contributed by atoms with van der Waals surface area (Å²) in [5.41, 5.74) is 0. The Labute approximate surface area is 60.9 Å². The first-order valence-electron chi connectivity index (χ1n) is 2.80. The third-order valence-electron chi connectivity index (χ3n) is 0.937. The molecule has 0 aliphatic carbocycles. The zero-order valence-electron chi connectivity index (χ0n) is 5.40. The first-order chi connectivity index (χ1) is 4.85. The van der Waals surface area contributed by atoms with E-state index >= 15 is 0 Å².